The Kier molecular flexibility index (Phi) is 6.99. The molecular formula is C54H31N5. The Balaban J connectivity index is 1.15. The van der Waals surface area contributed by atoms with Gasteiger partial charge in [0.25, 0.3) is 0 Å². The molecule has 59 heavy (non-hydrogen) atoms. The number of aromatic nitrogens is 3. The molecule has 0 fully saturated rings. The van der Waals surface area contributed by atoms with Gasteiger partial charge in [0, 0.05) is 38.0 Å². The molecule has 12 aromatic rings. The Morgan fingerprint density at radius 2 is 0.831 bits per heavy atom. The van der Waals surface area contributed by atoms with Crippen molar-refractivity contribution in [2.24, 2.45) is 0 Å². The molecule has 3 aromatic heterocycles. The number of nitrogens with zero attached hydrogens (tertiary/aromatic N) is 5. The highest BCUT2D eigenvalue weighted by atomic mass is 15.0. The van der Waals surface area contributed by atoms with Gasteiger partial charge in [0.1, 0.15) is 12.1 Å². The molecule has 0 aliphatic heterocycles. The summed E-state index contributed by atoms with van der Waals surface area (Å²) in [7, 11) is 0. The van der Waals surface area contributed by atoms with E-state index >= 15 is 0 Å². The molecule has 0 N–H and O–H groups in total. The molecule has 0 spiro atoms. The summed E-state index contributed by atoms with van der Waals surface area (Å²) < 4.78 is 6.67. The van der Waals surface area contributed by atoms with Crippen molar-refractivity contribution >= 4 is 76.2 Å². The predicted octanol–water partition coefficient (Wildman–Crippen LogP) is 13.5. The first-order valence-corrected chi connectivity index (χ1v) is 19.7. The van der Waals surface area contributed by atoms with Crippen LogP contribution < -0.4 is 0 Å². The van der Waals surface area contributed by atoms with Gasteiger partial charge in [-0.3, -0.25) is 0 Å². The molecule has 0 amide bonds. The molecule has 0 bridgehead atoms. The summed E-state index contributed by atoms with van der Waals surface area (Å²) in [4.78, 5) is 0. The van der Waals surface area contributed by atoms with E-state index in [9.17, 15) is 10.5 Å². The molecule has 12 rings (SSSR count). The minimum absolute atomic E-state index is 0.477. The third-order valence-corrected chi connectivity index (χ3v) is 12.1. The lowest BCUT2D eigenvalue weighted by Crippen LogP contribution is -2.04. The zero-order valence-corrected chi connectivity index (χ0v) is 31.6. The third-order valence-electron chi connectivity index (χ3n) is 12.1. The lowest BCUT2D eigenvalue weighted by atomic mass is 10.0. The van der Waals surface area contributed by atoms with Crippen molar-refractivity contribution in [3.8, 4) is 40.3 Å². The average molecular weight is 750 g/mol. The van der Waals surface area contributed by atoms with E-state index in [0.717, 1.165) is 93.0 Å². The van der Waals surface area contributed by atoms with Crippen LogP contribution in [0.3, 0.4) is 0 Å². The maximum absolute atomic E-state index is 11.1. The lowest BCUT2D eigenvalue weighted by molar-refractivity contribution is 1.12. The third kappa shape index (κ3) is 4.71. The molecule has 9 aromatic carbocycles. The van der Waals surface area contributed by atoms with Gasteiger partial charge in [-0.25, -0.2) is 0 Å². The highest BCUT2D eigenvalue weighted by Crippen LogP contribution is 2.43. The molecule has 5 nitrogen and oxygen atoms in total. The highest BCUT2D eigenvalue weighted by Gasteiger charge is 2.23. The molecule has 5 heteroatoms. The first kappa shape index (κ1) is 32.8. The van der Waals surface area contributed by atoms with E-state index in [2.05, 4.69) is 184 Å². The van der Waals surface area contributed by atoms with Crippen molar-refractivity contribution in [3.63, 3.8) is 0 Å². The maximum atomic E-state index is 11.1. The quantitative estimate of drug-likeness (QED) is 0.180. The largest absolute Gasteiger partial charge is 0.309 e. The van der Waals surface area contributed by atoms with E-state index in [1.165, 1.54) is 0 Å². The van der Waals surface area contributed by atoms with E-state index in [1.54, 1.807) is 0 Å². The van der Waals surface area contributed by atoms with E-state index in [4.69, 9.17) is 0 Å². The molecule has 3 heterocycles. The fourth-order valence-electron chi connectivity index (χ4n) is 9.53. The minimum atomic E-state index is 0.477. The summed E-state index contributed by atoms with van der Waals surface area (Å²) in [6.07, 6.45) is 0. The van der Waals surface area contributed by atoms with E-state index < -0.39 is 0 Å². The van der Waals surface area contributed by atoms with Gasteiger partial charge in [-0.2, -0.15) is 10.5 Å². The number of nitriles is 2. The second kappa shape index (κ2) is 12.6. The maximum Gasteiger partial charge on any atom is 0.101 e. The zero-order valence-electron chi connectivity index (χ0n) is 31.6. The Morgan fingerprint density at radius 1 is 0.322 bits per heavy atom. The summed E-state index contributed by atoms with van der Waals surface area (Å²) in [5.74, 6) is 0. The van der Waals surface area contributed by atoms with Crippen molar-refractivity contribution in [1.29, 1.82) is 10.5 Å². The Labute approximate surface area is 338 Å². The Hall–Kier alpha value is -8.38. The monoisotopic (exact) mass is 749 g/mol. The van der Waals surface area contributed by atoms with Gasteiger partial charge in [0.05, 0.1) is 55.6 Å². The van der Waals surface area contributed by atoms with Crippen molar-refractivity contribution in [1.82, 2.24) is 13.7 Å². The molecular weight excluding hydrogens is 719 g/mol. The van der Waals surface area contributed by atoms with Crippen LogP contribution in [0, 0.1) is 22.7 Å². The fourth-order valence-corrected chi connectivity index (χ4v) is 9.53. The van der Waals surface area contributed by atoms with Crippen LogP contribution in [0.15, 0.2) is 188 Å². The van der Waals surface area contributed by atoms with E-state index in [-0.39, 0.29) is 0 Å². The van der Waals surface area contributed by atoms with Gasteiger partial charge in [0.2, 0.25) is 0 Å². The predicted molar refractivity (Wildman–Crippen MR) is 242 cm³/mol. The van der Waals surface area contributed by atoms with Crippen molar-refractivity contribution < 1.29 is 0 Å². The van der Waals surface area contributed by atoms with E-state index in [1.807, 2.05) is 30.3 Å². The minimum Gasteiger partial charge on any atom is -0.309 e. The molecule has 0 saturated carbocycles. The fraction of sp³-hybridized carbons (Fsp3) is 0. The SMILES string of the molecule is N#Cc1cc(-n2c3ccc(-c4ccccc4)cc3c3c4ccccc4ccc32)c(C#N)cc1-n1c2ccccc2c2cc3c(cc21)c1ccccc1n3-c1ccccc1. The van der Waals surface area contributed by atoms with Crippen LogP contribution in [-0.2, 0) is 0 Å². The number of hydrogen-bond donors (Lipinski definition) is 0. The summed E-state index contributed by atoms with van der Waals surface area (Å²) in [5.41, 5.74) is 11.8. The molecule has 0 unspecified atom stereocenters. The summed E-state index contributed by atoms with van der Waals surface area (Å²) >= 11 is 0. The van der Waals surface area contributed by atoms with Crippen LogP contribution in [0.5, 0.6) is 0 Å². The van der Waals surface area contributed by atoms with Crippen LogP contribution in [0.25, 0.3) is 104 Å². The van der Waals surface area contributed by atoms with Crippen molar-refractivity contribution in [2.75, 3.05) is 0 Å². The normalized spacial score (nSPS) is 11.7. The lowest BCUT2D eigenvalue weighted by Gasteiger charge is -2.16. The molecule has 0 saturated heterocycles. The first-order valence-electron chi connectivity index (χ1n) is 19.7. The van der Waals surface area contributed by atoms with Gasteiger partial charge in [0.15, 0.2) is 0 Å². The van der Waals surface area contributed by atoms with Gasteiger partial charge in [-0.1, -0.05) is 121 Å². The second-order valence-corrected chi connectivity index (χ2v) is 15.2. The van der Waals surface area contributed by atoms with Crippen molar-refractivity contribution in [2.45, 2.75) is 0 Å². The first-order chi connectivity index (χ1) is 29.2. The van der Waals surface area contributed by atoms with Gasteiger partial charge >= 0.3 is 0 Å². The second-order valence-electron chi connectivity index (χ2n) is 15.2. The number of benzene rings is 9. The van der Waals surface area contributed by atoms with Crippen LogP contribution in [0.2, 0.25) is 0 Å². The Bertz CT molecular complexity index is 3790. The summed E-state index contributed by atoms with van der Waals surface area (Å²) in [6.45, 7) is 0. The molecule has 0 radical (unpaired) electrons. The Morgan fingerprint density at radius 3 is 1.49 bits per heavy atom. The van der Waals surface area contributed by atoms with Crippen molar-refractivity contribution in [3.05, 3.63) is 199 Å². The summed E-state index contributed by atoms with van der Waals surface area (Å²) in [6, 6.07) is 70.6. The number of para-hydroxylation sites is 3. The van der Waals surface area contributed by atoms with Crippen LogP contribution in [-0.4, -0.2) is 13.7 Å². The molecule has 272 valence electrons. The summed E-state index contributed by atoms with van der Waals surface area (Å²) in [5, 5.41) is 31.0. The highest BCUT2D eigenvalue weighted by molar-refractivity contribution is 6.22. The molecule has 0 aliphatic rings. The molecule has 0 aliphatic carbocycles. The van der Waals surface area contributed by atoms with Crippen LogP contribution >= 0.6 is 0 Å². The van der Waals surface area contributed by atoms with Crippen LogP contribution in [0.1, 0.15) is 11.1 Å². The van der Waals surface area contributed by atoms with Gasteiger partial charge < -0.3 is 13.7 Å². The molecule has 0 atom stereocenters. The van der Waals surface area contributed by atoms with E-state index in [0.29, 0.717) is 22.5 Å². The number of rotatable bonds is 4. The van der Waals surface area contributed by atoms with Gasteiger partial charge in [-0.15, -0.1) is 0 Å². The van der Waals surface area contributed by atoms with Crippen LogP contribution in [0.4, 0.5) is 0 Å². The average Bonchev–Trinajstić information content (AvgIpc) is 3.93. The standard InChI is InChI=1S/C54H31N5/c55-32-37-29-51(59-47-22-12-10-20-42(47)44-30-52-43(31-53(44)59)41-19-9-11-21-46(41)57(52)39-16-5-2-6-17-39)38(33-56)28-50(37)58-48-25-24-36(34-13-3-1-4-14-34)27-45(48)54-40-18-8-7-15-35(40)23-26-49(54)58/h1-31H. The zero-order chi connectivity index (χ0) is 39.2. The smallest absolute Gasteiger partial charge is 0.101 e. The topological polar surface area (TPSA) is 62.4 Å². The number of fused-ring (bicyclic) bond motifs is 11. The number of hydrogen-bond acceptors (Lipinski definition) is 2. The van der Waals surface area contributed by atoms with Gasteiger partial charge in [-0.05, 0) is 88.6 Å².